The third-order valence-corrected chi connectivity index (χ3v) is 9.46. The van der Waals surface area contributed by atoms with Crippen LogP contribution in [-0.2, 0) is 20.9 Å². The number of carbonyl (C=O) groups excluding carboxylic acids is 3. The topological polar surface area (TPSA) is 76.2 Å². The standard InChI is InChI=1S/C27H36Cl2FN5O3/c1-32(14-17-2-4-22(28)23(29)10-17)25(36)15-35-16-31-24-5-3-20(13-21(24)27(35)38)33-6-8-34(9-7-33)26(37)18-11-19(30)12-18/h2,4,10,18-21,24,31H,3,5-9,11-16H2,1H3. The molecule has 1 aromatic rings. The van der Waals surface area contributed by atoms with Gasteiger partial charge in [-0.25, -0.2) is 4.39 Å². The second-order valence-electron chi connectivity index (χ2n) is 11.2. The van der Waals surface area contributed by atoms with E-state index < -0.39 is 6.17 Å². The number of piperazine rings is 1. The van der Waals surface area contributed by atoms with Crippen LogP contribution in [0.4, 0.5) is 4.39 Å². The highest BCUT2D eigenvalue weighted by Gasteiger charge is 2.43. The molecule has 0 bridgehead atoms. The number of hydrogen-bond donors (Lipinski definition) is 1. The van der Waals surface area contributed by atoms with E-state index in [4.69, 9.17) is 23.2 Å². The zero-order valence-corrected chi connectivity index (χ0v) is 23.3. The van der Waals surface area contributed by atoms with Crippen molar-refractivity contribution < 1.29 is 18.8 Å². The maximum atomic E-state index is 13.4. The number of nitrogens with one attached hydrogen (secondary N) is 1. The van der Waals surface area contributed by atoms with Crippen molar-refractivity contribution in [2.75, 3.05) is 46.4 Å². The van der Waals surface area contributed by atoms with Crippen molar-refractivity contribution in [3.05, 3.63) is 33.8 Å². The number of alkyl halides is 1. The van der Waals surface area contributed by atoms with Crippen molar-refractivity contribution in [2.45, 2.75) is 56.9 Å². The molecule has 0 radical (unpaired) electrons. The molecule has 4 fully saturated rings. The van der Waals surface area contributed by atoms with Crippen molar-refractivity contribution >= 4 is 40.9 Å². The Morgan fingerprint density at radius 2 is 1.82 bits per heavy atom. The number of fused-ring (bicyclic) bond motifs is 1. The molecule has 0 spiro atoms. The molecule has 11 heteroatoms. The van der Waals surface area contributed by atoms with Crippen molar-refractivity contribution in [1.29, 1.82) is 0 Å². The SMILES string of the molecule is CN(Cc1ccc(Cl)c(Cl)c1)C(=O)CN1CNC2CCC(N3CCN(C(=O)C4CC(F)C4)CC3)CC2C1=O. The Balaban J connectivity index is 1.11. The van der Waals surface area contributed by atoms with Crippen LogP contribution < -0.4 is 5.32 Å². The van der Waals surface area contributed by atoms with E-state index in [0.29, 0.717) is 49.2 Å². The largest absolute Gasteiger partial charge is 0.340 e. The molecule has 2 heterocycles. The van der Waals surface area contributed by atoms with E-state index in [2.05, 4.69) is 10.2 Å². The molecule has 2 aliphatic heterocycles. The van der Waals surface area contributed by atoms with Gasteiger partial charge in [-0.05, 0) is 49.8 Å². The normalized spacial score (nSPS) is 30.0. The monoisotopic (exact) mass is 567 g/mol. The Bertz CT molecular complexity index is 1060. The summed E-state index contributed by atoms with van der Waals surface area (Å²) in [6.07, 6.45) is 2.58. The van der Waals surface area contributed by atoms with Crippen LogP contribution in [0, 0.1) is 11.8 Å². The fourth-order valence-electron chi connectivity index (χ4n) is 6.27. The first-order valence-electron chi connectivity index (χ1n) is 13.6. The van der Waals surface area contributed by atoms with Gasteiger partial charge >= 0.3 is 0 Å². The fraction of sp³-hybridized carbons (Fsp3) is 0.667. The molecule has 208 valence electrons. The van der Waals surface area contributed by atoms with Crippen molar-refractivity contribution in [3.63, 3.8) is 0 Å². The van der Waals surface area contributed by atoms with E-state index in [9.17, 15) is 18.8 Å². The summed E-state index contributed by atoms with van der Waals surface area (Å²) < 4.78 is 13.2. The lowest BCUT2D eigenvalue weighted by Gasteiger charge is -2.48. The zero-order valence-electron chi connectivity index (χ0n) is 21.8. The molecule has 5 rings (SSSR count). The molecule has 38 heavy (non-hydrogen) atoms. The second kappa shape index (κ2) is 11.7. The van der Waals surface area contributed by atoms with Crippen LogP contribution >= 0.6 is 23.2 Å². The molecule has 3 unspecified atom stereocenters. The average Bonchev–Trinajstić information content (AvgIpc) is 2.90. The lowest BCUT2D eigenvalue weighted by Crippen LogP contribution is -2.62. The zero-order chi connectivity index (χ0) is 27.0. The molecule has 3 atom stereocenters. The van der Waals surface area contributed by atoms with E-state index in [0.717, 1.165) is 37.9 Å². The van der Waals surface area contributed by atoms with Gasteiger partial charge in [0.2, 0.25) is 17.7 Å². The molecule has 8 nitrogen and oxygen atoms in total. The summed E-state index contributed by atoms with van der Waals surface area (Å²) in [6, 6.07) is 5.71. The minimum absolute atomic E-state index is 0.0270. The lowest BCUT2D eigenvalue weighted by molar-refractivity contribution is -0.149. The van der Waals surface area contributed by atoms with Crippen LogP contribution in [0.1, 0.15) is 37.7 Å². The minimum atomic E-state index is -0.820. The van der Waals surface area contributed by atoms with Crippen molar-refractivity contribution in [3.8, 4) is 0 Å². The summed E-state index contributed by atoms with van der Waals surface area (Å²) in [5, 5.41) is 4.40. The summed E-state index contributed by atoms with van der Waals surface area (Å²) >= 11 is 12.1. The van der Waals surface area contributed by atoms with Gasteiger partial charge in [0.05, 0.1) is 22.6 Å². The van der Waals surface area contributed by atoms with Gasteiger partial charge in [-0.2, -0.15) is 0 Å². The average molecular weight is 569 g/mol. The summed E-state index contributed by atoms with van der Waals surface area (Å²) in [5.41, 5.74) is 0.870. The Morgan fingerprint density at radius 3 is 2.50 bits per heavy atom. The van der Waals surface area contributed by atoms with Gasteiger partial charge < -0.3 is 14.7 Å². The van der Waals surface area contributed by atoms with E-state index in [-0.39, 0.29) is 48.2 Å². The highest BCUT2D eigenvalue weighted by Crippen LogP contribution is 2.34. The van der Waals surface area contributed by atoms with E-state index in [1.807, 2.05) is 11.0 Å². The Kier molecular flexibility index (Phi) is 8.48. The highest BCUT2D eigenvalue weighted by atomic mass is 35.5. The smallest absolute Gasteiger partial charge is 0.242 e. The second-order valence-corrected chi connectivity index (χ2v) is 12.0. The number of halogens is 3. The van der Waals surface area contributed by atoms with Crippen LogP contribution in [0.3, 0.4) is 0 Å². The van der Waals surface area contributed by atoms with Crippen molar-refractivity contribution in [2.24, 2.45) is 11.8 Å². The number of amides is 3. The first-order valence-corrected chi connectivity index (χ1v) is 14.3. The summed E-state index contributed by atoms with van der Waals surface area (Å²) in [4.78, 5) is 46.5. The van der Waals surface area contributed by atoms with E-state index in [1.165, 1.54) is 0 Å². The van der Waals surface area contributed by atoms with Gasteiger partial charge in [-0.15, -0.1) is 0 Å². The summed E-state index contributed by atoms with van der Waals surface area (Å²) in [7, 11) is 1.72. The van der Waals surface area contributed by atoms with Gasteiger partial charge in [0.25, 0.3) is 0 Å². The molecule has 2 saturated carbocycles. The van der Waals surface area contributed by atoms with Crippen molar-refractivity contribution in [1.82, 2.24) is 24.9 Å². The Hall–Kier alpha value is -1.94. The maximum absolute atomic E-state index is 13.4. The first-order chi connectivity index (χ1) is 18.2. The molecule has 1 N–H and O–H groups in total. The molecule has 1 aromatic carbocycles. The number of nitrogens with zero attached hydrogens (tertiary/aromatic N) is 4. The molecular formula is C27H36Cl2FN5O3. The van der Waals surface area contributed by atoms with E-state index in [1.54, 1.807) is 29.0 Å². The van der Waals surface area contributed by atoms with Gasteiger partial charge in [-0.3, -0.25) is 24.6 Å². The molecular weight excluding hydrogens is 532 g/mol. The molecule has 2 aliphatic carbocycles. The third kappa shape index (κ3) is 5.96. The number of benzene rings is 1. The maximum Gasteiger partial charge on any atom is 0.242 e. The summed E-state index contributed by atoms with van der Waals surface area (Å²) in [6.45, 7) is 3.66. The first kappa shape index (κ1) is 27.6. The molecule has 2 saturated heterocycles. The number of likely N-dealkylation sites (N-methyl/N-ethyl adjacent to an activating group) is 1. The van der Waals surface area contributed by atoms with Gasteiger partial charge in [0.15, 0.2) is 0 Å². The van der Waals surface area contributed by atoms with Gasteiger partial charge in [-0.1, -0.05) is 29.3 Å². The Morgan fingerprint density at radius 1 is 1.08 bits per heavy atom. The molecule has 4 aliphatic rings. The van der Waals surface area contributed by atoms with E-state index >= 15 is 0 Å². The minimum Gasteiger partial charge on any atom is -0.340 e. The predicted octanol–water partition coefficient (Wildman–Crippen LogP) is 2.77. The van der Waals surface area contributed by atoms with Crippen LogP contribution in [0.25, 0.3) is 0 Å². The fourth-order valence-corrected chi connectivity index (χ4v) is 6.59. The highest BCUT2D eigenvalue weighted by molar-refractivity contribution is 6.42. The third-order valence-electron chi connectivity index (χ3n) is 8.72. The molecule has 0 aromatic heterocycles. The van der Waals surface area contributed by atoms with Gasteiger partial charge in [0, 0.05) is 57.8 Å². The number of carbonyl (C=O) groups is 3. The summed E-state index contributed by atoms with van der Waals surface area (Å²) in [5.74, 6) is -0.308. The molecule has 3 amide bonds. The quantitative estimate of drug-likeness (QED) is 0.572. The van der Waals surface area contributed by atoms with Crippen LogP contribution in [0.2, 0.25) is 10.0 Å². The van der Waals surface area contributed by atoms with Crippen LogP contribution in [-0.4, -0.2) is 102 Å². The van der Waals surface area contributed by atoms with Gasteiger partial charge in [0.1, 0.15) is 12.7 Å². The number of hydrogen-bond acceptors (Lipinski definition) is 5. The van der Waals surface area contributed by atoms with Crippen LogP contribution in [0.15, 0.2) is 18.2 Å². The lowest BCUT2D eigenvalue weighted by atomic mass is 9.78. The van der Waals surface area contributed by atoms with Crippen LogP contribution in [0.5, 0.6) is 0 Å². The number of rotatable bonds is 6. The predicted molar refractivity (Wildman–Crippen MR) is 143 cm³/mol. The Labute approximate surface area is 233 Å².